The molecule has 0 aliphatic carbocycles. The molecule has 2 aromatic rings. The summed E-state index contributed by atoms with van der Waals surface area (Å²) in [4.78, 5) is 12.6. The summed E-state index contributed by atoms with van der Waals surface area (Å²) in [6.07, 6.45) is 2.87. The van der Waals surface area contributed by atoms with Crippen molar-refractivity contribution in [1.82, 2.24) is 4.31 Å². The molecule has 1 N–H and O–H groups in total. The van der Waals surface area contributed by atoms with Crippen LogP contribution in [0.4, 0.5) is 5.69 Å². The molecule has 25 heavy (non-hydrogen) atoms. The fraction of sp³-hybridized carbons (Fsp3) is 0.278. The van der Waals surface area contributed by atoms with E-state index in [2.05, 4.69) is 27.9 Å². The molecule has 0 spiro atoms. The molecule has 0 unspecified atom stereocenters. The van der Waals surface area contributed by atoms with Gasteiger partial charge in [0.05, 0.1) is 4.90 Å². The van der Waals surface area contributed by atoms with Crippen molar-refractivity contribution in [1.29, 1.82) is 0 Å². The number of amides is 1. The van der Waals surface area contributed by atoms with Gasteiger partial charge < -0.3 is 5.32 Å². The summed E-state index contributed by atoms with van der Waals surface area (Å²) in [5.41, 5.74) is 1.14. The first-order valence-electron chi connectivity index (χ1n) is 8.14. The zero-order valence-corrected chi connectivity index (χ0v) is 16.6. The summed E-state index contributed by atoms with van der Waals surface area (Å²) >= 11 is 2.18. The molecule has 3 rings (SSSR count). The van der Waals surface area contributed by atoms with E-state index in [4.69, 9.17) is 0 Å². The van der Waals surface area contributed by atoms with Gasteiger partial charge in [-0.1, -0.05) is 12.5 Å². The maximum Gasteiger partial charge on any atom is 0.255 e. The number of nitrogens with one attached hydrogen (secondary N) is 1. The van der Waals surface area contributed by atoms with Gasteiger partial charge in [0.1, 0.15) is 0 Å². The first kappa shape index (κ1) is 18.3. The van der Waals surface area contributed by atoms with Crippen LogP contribution in [0, 0.1) is 3.57 Å². The Morgan fingerprint density at radius 3 is 2.32 bits per heavy atom. The summed E-state index contributed by atoms with van der Waals surface area (Å²) in [5, 5.41) is 2.82. The van der Waals surface area contributed by atoms with Gasteiger partial charge in [-0.2, -0.15) is 4.31 Å². The first-order chi connectivity index (χ1) is 12.0. The second-order valence-corrected chi connectivity index (χ2v) is 9.14. The highest BCUT2D eigenvalue weighted by Gasteiger charge is 2.25. The third kappa shape index (κ3) is 4.39. The van der Waals surface area contributed by atoms with E-state index >= 15 is 0 Å². The molecule has 5 nitrogen and oxygen atoms in total. The third-order valence-corrected chi connectivity index (χ3v) is 6.74. The molecular weight excluding hydrogens is 451 g/mol. The van der Waals surface area contributed by atoms with Crippen LogP contribution in [0.25, 0.3) is 0 Å². The van der Waals surface area contributed by atoms with Crippen molar-refractivity contribution in [2.45, 2.75) is 24.2 Å². The number of carbonyl (C=O) groups is 1. The Labute approximate surface area is 161 Å². The van der Waals surface area contributed by atoms with E-state index in [1.54, 1.807) is 12.1 Å². The lowest BCUT2D eigenvalue weighted by molar-refractivity contribution is 0.102. The standard InChI is InChI=1S/C18H19IN2O3S/c19-15-5-4-6-16(13-15)20-18(22)14-7-9-17(10-8-14)25(23,24)21-11-2-1-3-12-21/h4-10,13H,1-3,11-12H2,(H,20,22). The molecule has 7 heteroatoms. The van der Waals surface area contributed by atoms with Crippen molar-refractivity contribution < 1.29 is 13.2 Å². The minimum atomic E-state index is -3.47. The van der Waals surface area contributed by atoms with Crippen LogP contribution < -0.4 is 5.32 Å². The molecular formula is C18H19IN2O3S. The number of nitrogens with zero attached hydrogens (tertiary/aromatic N) is 1. The Bertz CT molecular complexity index is 860. The fourth-order valence-corrected chi connectivity index (χ4v) is 4.86. The van der Waals surface area contributed by atoms with Gasteiger partial charge in [0.15, 0.2) is 0 Å². The number of benzene rings is 2. The van der Waals surface area contributed by atoms with Crippen LogP contribution in [-0.2, 0) is 10.0 Å². The van der Waals surface area contributed by atoms with E-state index in [0.717, 1.165) is 22.8 Å². The number of sulfonamides is 1. The lowest BCUT2D eigenvalue weighted by Gasteiger charge is -2.25. The van der Waals surface area contributed by atoms with Crippen molar-refractivity contribution in [2.75, 3.05) is 18.4 Å². The van der Waals surface area contributed by atoms with E-state index in [-0.39, 0.29) is 10.8 Å². The molecule has 1 saturated heterocycles. The second kappa shape index (κ2) is 7.84. The minimum Gasteiger partial charge on any atom is -0.322 e. The zero-order valence-electron chi connectivity index (χ0n) is 13.6. The third-order valence-electron chi connectivity index (χ3n) is 4.15. The molecule has 0 radical (unpaired) electrons. The highest BCUT2D eigenvalue weighted by Crippen LogP contribution is 2.21. The van der Waals surface area contributed by atoms with Crippen molar-refractivity contribution in [3.05, 3.63) is 57.7 Å². The number of carbonyl (C=O) groups excluding carboxylic acids is 1. The number of piperidine rings is 1. The van der Waals surface area contributed by atoms with Crippen molar-refractivity contribution in [2.24, 2.45) is 0 Å². The lowest BCUT2D eigenvalue weighted by Crippen LogP contribution is -2.35. The molecule has 0 atom stereocenters. The van der Waals surface area contributed by atoms with Crippen molar-refractivity contribution in [3.8, 4) is 0 Å². The van der Waals surface area contributed by atoms with Crippen LogP contribution in [0.15, 0.2) is 53.4 Å². The van der Waals surface area contributed by atoms with Gasteiger partial charge in [0.25, 0.3) is 5.91 Å². The quantitative estimate of drug-likeness (QED) is 0.693. The summed E-state index contributed by atoms with van der Waals surface area (Å²) < 4.78 is 27.8. The Morgan fingerprint density at radius 2 is 1.68 bits per heavy atom. The number of hydrogen-bond acceptors (Lipinski definition) is 3. The Morgan fingerprint density at radius 1 is 1.00 bits per heavy atom. The molecule has 1 amide bonds. The van der Waals surface area contributed by atoms with E-state index in [0.29, 0.717) is 24.3 Å². The van der Waals surface area contributed by atoms with Crippen LogP contribution in [0.1, 0.15) is 29.6 Å². The summed E-state index contributed by atoms with van der Waals surface area (Å²) in [6, 6.07) is 13.6. The molecule has 1 fully saturated rings. The number of rotatable bonds is 4. The molecule has 1 aliphatic rings. The highest BCUT2D eigenvalue weighted by atomic mass is 127. The van der Waals surface area contributed by atoms with Gasteiger partial charge in [-0.15, -0.1) is 0 Å². The Kier molecular flexibility index (Phi) is 5.75. The monoisotopic (exact) mass is 470 g/mol. The zero-order chi connectivity index (χ0) is 17.9. The SMILES string of the molecule is O=C(Nc1cccc(I)c1)c1ccc(S(=O)(=O)N2CCCCC2)cc1. The molecule has 0 aromatic heterocycles. The van der Waals surface area contributed by atoms with Crippen LogP contribution in [-0.4, -0.2) is 31.7 Å². The molecule has 2 aromatic carbocycles. The van der Waals surface area contributed by atoms with E-state index < -0.39 is 10.0 Å². The molecule has 1 aliphatic heterocycles. The van der Waals surface area contributed by atoms with Gasteiger partial charge in [0, 0.05) is 27.9 Å². The molecule has 1 heterocycles. The van der Waals surface area contributed by atoms with Crippen LogP contribution in [0.5, 0.6) is 0 Å². The lowest BCUT2D eigenvalue weighted by atomic mass is 10.2. The van der Waals surface area contributed by atoms with Gasteiger partial charge in [-0.25, -0.2) is 8.42 Å². The maximum atomic E-state index is 12.6. The van der Waals surface area contributed by atoms with Crippen LogP contribution in [0.3, 0.4) is 0 Å². The molecule has 0 saturated carbocycles. The predicted octanol–water partition coefficient (Wildman–Crippen LogP) is 3.72. The smallest absolute Gasteiger partial charge is 0.255 e. The van der Waals surface area contributed by atoms with Crippen LogP contribution >= 0.6 is 22.6 Å². The van der Waals surface area contributed by atoms with Crippen LogP contribution in [0.2, 0.25) is 0 Å². The van der Waals surface area contributed by atoms with E-state index in [1.165, 1.54) is 16.4 Å². The largest absolute Gasteiger partial charge is 0.322 e. The van der Waals surface area contributed by atoms with Gasteiger partial charge in [-0.3, -0.25) is 4.79 Å². The van der Waals surface area contributed by atoms with Gasteiger partial charge in [-0.05, 0) is 77.9 Å². The van der Waals surface area contributed by atoms with E-state index in [1.807, 2.05) is 24.3 Å². The average molecular weight is 470 g/mol. The number of anilines is 1. The van der Waals surface area contributed by atoms with Crippen molar-refractivity contribution in [3.63, 3.8) is 0 Å². The Hall–Kier alpha value is -1.45. The molecule has 0 bridgehead atoms. The summed E-state index contributed by atoms with van der Waals surface area (Å²) in [7, 11) is -3.47. The predicted molar refractivity (Wildman–Crippen MR) is 106 cm³/mol. The first-order valence-corrected chi connectivity index (χ1v) is 10.7. The normalized spacial score (nSPS) is 15.7. The van der Waals surface area contributed by atoms with Gasteiger partial charge in [0.2, 0.25) is 10.0 Å². The number of hydrogen-bond donors (Lipinski definition) is 1. The van der Waals surface area contributed by atoms with Crippen molar-refractivity contribution >= 4 is 44.2 Å². The molecule has 132 valence electrons. The highest BCUT2D eigenvalue weighted by molar-refractivity contribution is 14.1. The summed E-state index contributed by atoms with van der Waals surface area (Å²) in [5.74, 6) is -0.260. The Balaban J connectivity index is 1.74. The minimum absolute atomic E-state index is 0.236. The average Bonchev–Trinajstić information content (AvgIpc) is 2.62. The summed E-state index contributed by atoms with van der Waals surface area (Å²) in [6.45, 7) is 1.13. The van der Waals surface area contributed by atoms with Gasteiger partial charge >= 0.3 is 0 Å². The fourth-order valence-electron chi connectivity index (χ4n) is 2.80. The van der Waals surface area contributed by atoms with E-state index in [9.17, 15) is 13.2 Å². The second-order valence-electron chi connectivity index (χ2n) is 5.95. The topological polar surface area (TPSA) is 66.5 Å². The maximum absolute atomic E-state index is 12.6. The number of halogens is 1.